The molecule has 2 aromatic rings. The summed E-state index contributed by atoms with van der Waals surface area (Å²) in [5.41, 5.74) is 4.04. The lowest BCUT2D eigenvalue weighted by Gasteiger charge is -2.36. The van der Waals surface area contributed by atoms with E-state index < -0.39 is 0 Å². The zero-order valence-electron chi connectivity index (χ0n) is 15.6. The highest BCUT2D eigenvalue weighted by Crippen LogP contribution is 2.30. The topological polar surface area (TPSA) is 52.7 Å². The third-order valence-corrected chi connectivity index (χ3v) is 5.49. The smallest absolute Gasteiger partial charge is 0.243 e. The third-order valence-electron chi connectivity index (χ3n) is 5.49. The molecule has 1 N–H and O–H groups in total. The molecule has 1 saturated heterocycles. The molecule has 1 unspecified atom stereocenters. The fourth-order valence-corrected chi connectivity index (χ4v) is 4.03. The van der Waals surface area contributed by atoms with Gasteiger partial charge in [0, 0.05) is 36.1 Å². The van der Waals surface area contributed by atoms with Crippen molar-refractivity contribution in [3.05, 3.63) is 54.1 Å². The summed E-state index contributed by atoms with van der Waals surface area (Å²) in [6.45, 7) is 3.24. The zero-order chi connectivity index (χ0) is 18.8. The second-order valence-electron chi connectivity index (χ2n) is 7.39. The van der Waals surface area contributed by atoms with E-state index in [1.807, 2.05) is 30.3 Å². The highest BCUT2D eigenvalue weighted by Gasteiger charge is 2.25. The Bertz CT molecular complexity index is 864. The molecule has 0 bridgehead atoms. The van der Waals surface area contributed by atoms with Crippen molar-refractivity contribution < 1.29 is 9.59 Å². The van der Waals surface area contributed by atoms with E-state index in [0.29, 0.717) is 19.0 Å². The fourth-order valence-electron chi connectivity index (χ4n) is 4.03. The van der Waals surface area contributed by atoms with Crippen LogP contribution in [0.5, 0.6) is 0 Å². The lowest BCUT2D eigenvalue weighted by molar-refractivity contribution is -0.117. The predicted octanol–water partition coefficient (Wildman–Crippen LogP) is 3.59. The Morgan fingerprint density at radius 2 is 2.00 bits per heavy atom. The van der Waals surface area contributed by atoms with Gasteiger partial charge in [-0.15, -0.1) is 0 Å². The van der Waals surface area contributed by atoms with E-state index in [1.165, 1.54) is 5.56 Å². The molecular weight excluding hydrogens is 338 g/mol. The van der Waals surface area contributed by atoms with Crippen molar-refractivity contribution in [3.63, 3.8) is 0 Å². The molecule has 27 heavy (non-hydrogen) atoms. The molecular formula is C22H25N3O2. The number of carbonyl (C=O) groups is 2. The molecule has 2 aromatic carbocycles. The minimum atomic E-state index is -0.0385. The first-order chi connectivity index (χ1) is 13.1. The largest absolute Gasteiger partial charge is 0.359 e. The Kier molecular flexibility index (Phi) is 4.84. The summed E-state index contributed by atoms with van der Waals surface area (Å²) >= 11 is 0. The number of fused-ring (bicyclic) bond motifs is 1. The van der Waals surface area contributed by atoms with Crippen LogP contribution >= 0.6 is 0 Å². The van der Waals surface area contributed by atoms with E-state index in [9.17, 15) is 9.59 Å². The molecule has 4 rings (SSSR count). The minimum absolute atomic E-state index is 0.0385. The Labute approximate surface area is 160 Å². The number of amides is 2. The number of anilines is 3. The van der Waals surface area contributed by atoms with Crippen LogP contribution in [0.15, 0.2) is 48.5 Å². The molecule has 2 amide bonds. The summed E-state index contributed by atoms with van der Waals surface area (Å²) in [6.07, 6.45) is 3.60. The van der Waals surface area contributed by atoms with Gasteiger partial charge in [-0.2, -0.15) is 0 Å². The van der Waals surface area contributed by atoms with Crippen molar-refractivity contribution in [1.82, 2.24) is 0 Å². The molecule has 0 saturated carbocycles. The van der Waals surface area contributed by atoms with Crippen LogP contribution in [-0.4, -0.2) is 30.9 Å². The molecule has 1 fully saturated rings. The molecule has 5 heteroatoms. The van der Waals surface area contributed by atoms with Crippen molar-refractivity contribution in [2.24, 2.45) is 0 Å². The number of nitrogens with one attached hydrogen (secondary N) is 1. The van der Waals surface area contributed by atoms with Gasteiger partial charge in [0.15, 0.2) is 0 Å². The first-order valence-corrected chi connectivity index (χ1v) is 9.66. The summed E-state index contributed by atoms with van der Waals surface area (Å²) in [6, 6.07) is 16.2. The van der Waals surface area contributed by atoms with E-state index in [-0.39, 0.29) is 11.8 Å². The van der Waals surface area contributed by atoms with Crippen LogP contribution in [0.2, 0.25) is 0 Å². The normalized spacial score (nSPS) is 19.1. The molecule has 2 aliphatic heterocycles. The van der Waals surface area contributed by atoms with E-state index in [1.54, 1.807) is 4.90 Å². The molecule has 0 aromatic heterocycles. The van der Waals surface area contributed by atoms with Gasteiger partial charge in [0.25, 0.3) is 0 Å². The first kappa shape index (κ1) is 17.6. The van der Waals surface area contributed by atoms with Gasteiger partial charge in [-0.25, -0.2) is 0 Å². The van der Waals surface area contributed by atoms with Crippen LogP contribution in [0.25, 0.3) is 0 Å². The summed E-state index contributed by atoms with van der Waals surface area (Å²) in [5.74, 6) is 0.112. The monoisotopic (exact) mass is 363 g/mol. The van der Waals surface area contributed by atoms with Gasteiger partial charge >= 0.3 is 0 Å². The van der Waals surface area contributed by atoms with Gasteiger partial charge in [-0.1, -0.05) is 24.3 Å². The number of hydrogen-bond acceptors (Lipinski definition) is 3. The minimum Gasteiger partial charge on any atom is -0.359 e. The number of rotatable bonds is 4. The highest BCUT2D eigenvalue weighted by molar-refractivity contribution is 5.98. The number of carbonyl (C=O) groups excluding carboxylic acids is 2. The molecule has 140 valence electrons. The SMILES string of the molecule is CC1CCc2ccccc2N1CC(=O)Nc1cccc(N2CCCC2=O)c1. The van der Waals surface area contributed by atoms with Crippen LogP contribution in [0.1, 0.15) is 31.7 Å². The summed E-state index contributed by atoms with van der Waals surface area (Å²) < 4.78 is 0. The quantitative estimate of drug-likeness (QED) is 0.903. The van der Waals surface area contributed by atoms with E-state index >= 15 is 0 Å². The molecule has 1 atom stereocenters. The van der Waals surface area contributed by atoms with E-state index in [2.05, 4.69) is 35.3 Å². The van der Waals surface area contributed by atoms with Crippen molar-refractivity contribution in [2.45, 2.75) is 38.6 Å². The maximum absolute atomic E-state index is 12.7. The summed E-state index contributed by atoms with van der Waals surface area (Å²) in [4.78, 5) is 28.6. The van der Waals surface area contributed by atoms with Crippen LogP contribution in [0.3, 0.4) is 0 Å². The van der Waals surface area contributed by atoms with Crippen molar-refractivity contribution in [3.8, 4) is 0 Å². The number of nitrogens with zero attached hydrogens (tertiary/aromatic N) is 2. The number of para-hydroxylation sites is 1. The highest BCUT2D eigenvalue weighted by atomic mass is 16.2. The molecule has 2 heterocycles. The van der Waals surface area contributed by atoms with Gasteiger partial charge in [-0.3, -0.25) is 9.59 Å². The van der Waals surface area contributed by atoms with Gasteiger partial charge < -0.3 is 15.1 Å². The standard InChI is InChI=1S/C22H25N3O2/c1-16-11-12-17-6-2-3-9-20(17)25(16)15-21(26)23-18-7-4-8-19(14-18)24-13-5-10-22(24)27/h2-4,6-9,14,16H,5,10-13,15H2,1H3,(H,23,26). The molecule has 0 aliphatic carbocycles. The Morgan fingerprint density at radius 3 is 2.81 bits per heavy atom. The molecule has 0 radical (unpaired) electrons. The number of aryl methyl sites for hydroxylation is 1. The van der Waals surface area contributed by atoms with Gasteiger partial charge in [0.2, 0.25) is 11.8 Å². The predicted molar refractivity (Wildman–Crippen MR) is 108 cm³/mol. The van der Waals surface area contributed by atoms with Crippen LogP contribution in [0.4, 0.5) is 17.1 Å². The maximum atomic E-state index is 12.7. The second-order valence-corrected chi connectivity index (χ2v) is 7.39. The second kappa shape index (κ2) is 7.43. The summed E-state index contributed by atoms with van der Waals surface area (Å²) in [5, 5.41) is 3.00. The van der Waals surface area contributed by atoms with Crippen LogP contribution in [-0.2, 0) is 16.0 Å². The van der Waals surface area contributed by atoms with Gasteiger partial charge in [-0.05, 0) is 56.0 Å². The van der Waals surface area contributed by atoms with Crippen molar-refractivity contribution >= 4 is 28.9 Å². The van der Waals surface area contributed by atoms with Crippen LogP contribution < -0.4 is 15.1 Å². The Hall–Kier alpha value is -2.82. The maximum Gasteiger partial charge on any atom is 0.243 e. The Morgan fingerprint density at radius 1 is 1.15 bits per heavy atom. The lowest BCUT2D eigenvalue weighted by atomic mass is 9.96. The molecule has 5 nitrogen and oxygen atoms in total. The third kappa shape index (κ3) is 3.68. The number of hydrogen-bond donors (Lipinski definition) is 1. The zero-order valence-corrected chi connectivity index (χ0v) is 15.6. The van der Waals surface area contributed by atoms with Crippen LogP contribution in [0, 0.1) is 0 Å². The molecule has 2 aliphatic rings. The van der Waals surface area contributed by atoms with Crippen molar-refractivity contribution in [1.29, 1.82) is 0 Å². The average Bonchev–Trinajstić information content (AvgIpc) is 3.10. The number of benzene rings is 2. The van der Waals surface area contributed by atoms with Gasteiger partial charge in [0.05, 0.1) is 6.54 Å². The first-order valence-electron chi connectivity index (χ1n) is 9.66. The van der Waals surface area contributed by atoms with Gasteiger partial charge in [0.1, 0.15) is 0 Å². The van der Waals surface area contributed by atoms with E-state index in [4.69, 9.17) is 0 Å². The fraction of sp³-hybridized carbons (Fsp3) is 0.364. The summed E-state index contributed by atoms with van der Waals surface area (Å²) in [7, 11) is 0. The average molecular weight is 363 g/mol. The lowest BCUT2D eigenvalue weighted by Crippen LogP contribution is -2.42. The Balaban J connectivity index is 1.46. The molecule has 0 spiro atoms. The van der Waals surface area contributed by atoms with Crippen molar-refractivity contribution in [2.75, 3.05) is 28.2 Å². The van der Waals surface area contributed by atoms with E-state index in [0.717, 1.165) is 42.9 Å².